The van der Waals surface area contributed by atoms with Crippen LogP contribution in [0.1, 0.15) is 57.1 Å². The standard InChI is InChI=1S/C16H26N2/c1-3-15(17)14-11-7-8-12-16(14)18(2)13-9-5-4-6-10-13/h7-8,11-13,15H,3-6,9-10,17H2,1-2H3/t15-/m1/s1. The summed E-state index contributed by atoms with van der Waals surface area (Å²) in [5, 5.41) is 0. The van der Waals surface area contributed by atoms with Gasteiger partial charge in [0.1, 0.15) is 0 Å². The van der Waals surface area contributed by atoms with Crippen LogP contribution >= 0.6 is 0 Å². The lowest BCUT2D eigenvalue weighted by Gasteiger charge is -2.35. The van der Waals surface area contributed by atoms with Gasteiger partial charge in [0.2, 0.25) is 0 Å². The zero-order valence-corrected chi connectivity index (χ0v) is 11.7. The number of anilines is 1. The Kier molecular flexibility index (Phi) is 4.65. The van der Waals surface area contributed by atoms with Gasteiger partial charge in [-0.25, -0.2) is 0 Å². The van der Waals surface area contributed by atoms with Gasteiger partial charge < -0.3 is 10.6 Å². The first kappa shape index (κ1) is 13.4. The van der Waals surface area contributed by atoms with Gasteiger partial charge in [-0.3, -0.25) is 0 Å². The van der Waals surface area contributed by atoms with E-state index >= 15 is 0 Å². The highest BCUT2D eigenvalue weighted by Gasteiger charge is 2.21. The molecule has 2 heteroatoms. The van der Waals surface area contributed by atoms with Crippen LogP contribution in [0.4, 0.5) is 5.69 Å². The molecule has 0 aliphatic heterocycles. The van der Waals surface area contributed by atoms with E-state index in [2.05, 4.69) is 43.1 Å². The molecule has 0 bridgehead atoms. The van der Waals surface area contributed by atoms with E-state index in [1.165, 1.54) is 43.4 Å². The zero-order valence-electron chi connectivity index (χ0n) is 11.7. The summed E-state index contributed by atoms with van der Waals surface area (Å²) >= 11 is 0. The van der Waals surface area contributed by atoms with Gasteiger partial charge in [-0.2, -0.15) is 0 Å². The van der Waals surface area contributed by atoms with E-state index in [0.29, 0.717) is 6.04 Å². The Bertz CT molecular complexity index is 369. The highest BCUT2D eigenvalue weighted by molar-refractivity contribution is 5.55. The topological polar surface area (TPSA) is 29.3 Å². The first-order valence-corrected chi connectivity index (χ1v) is 7.31. The minimum Gasteiger partial charge on any atom is -0.371 e. The van der Waals surface area contributed by atoms with Crippen LogP contribution in [0.2, 0.25) is 0 Å². The van der Waals surface area contributed by atoms with Gasteiger partial charge >= 0.3 is 0 Å². The zero-order chi connectivity index (χ0) is 13.0. The predicted molar refractivity (Wildman–Crippen MR) is 78.9 cm³/mol. The lowest BCUT2D eigenvalue weighted by Crippen LogP contribution is -2.34. The maximum Gasteiger partial charge on any atom is 0.0414 e. The second kappa shape index (κ2) is 6.24. The van der Waals surface area contributed by atoms with Gasteiger partial charge in [-0.05, 0) is 30.9 Å². The van der Waals surface area contributed by atoms with Crippen molar-refractivity contribution in [2.75, 3.05) is 11.9 Å². The summed E-state index contributed by atoms with van der Waals surface area (Å²) in [7, 11) is 2.23. The molecule has 1 saturated carbocycles. The first-order valence-electron chi connectivity index (χ1n) is 7.31. The largest absolute Gasteiger partial charge is 0.371 e. The summed E-state index contributed by atoms with van der Waals surface area (Å²) in [4.78, 5) is 2.46. The molecule has 1 aromatic rings. The van der Waals surface area contributed by atoms with Crippen molar-refractivity contribution in [1.29, 1.82) is 0 Å². The van der Waals surface area contributed by atoms with E-state index in [-0.39, 0.29) is 6.04 Å². The van der Waals surface area contributed by atoms with Gasteiger partial charge in [0.15, 0.2) is 0 Å². The van der Waals surface area contributed by atoms with Crippen molar-refractivity contribution in [3.05, 3.63) is 29.8 Å². The van der Waals surface area contributed by atoms with Crippen LogP contribution in [-0.4, -0.2) is 13.1 Å². The van der Waals surface area contributed by atoms with Crippen LogP contribution < -0.4 is 10.6 Å². The van der Waals surface area contributed by atoms with E-state index in [4.69, 9.17) is 5.73 Å². The van der Waals surface area contributed by atoms with Gasteiger partial charge in [-0.1, -0.05) is 44.4 Å². The summed E-state index contributed by atoms with van der Waals surface area (Å²) in [6.45, 7) is 2.15. The van der Waals surface area contributed by atoms with Crippen LogP contribution in [0.15, 0.2) is 24.3 Å². The van der Waals surface area contributed by atoms with Gasteiger partial charge in [0.05, 0.1) is 0 Å². The Hall–Kier alpha value is -1.02. The Morgan fingerprint density at radius 1 is 1.22 bits per heavy atom. The quantitative estimate of drug-likeness (QED) is 0.874. The Balaban J connectivity index is 2.20. The summed E-state index contributed by atoms with van der Waals surface area (Å²) in [5.41, 5.74) is 8.87. The molecule has 1 aliphatic rings. The lowest BCUT2D eigenvalue weighted by atomic mass is 9.93. The molecular formula is C16H26N2. The van der Waals surface area contributed by atoms with Crippen molar-refractivity contribution in [2.24, 2.45) is 5.73 Å². The van der Waals surface area contributed by atoms with Crippen LogP contribution in [0.5, 0.6) is 0 Å². The molecule has 1 aromatic carbocycles. The van der Waals surface area contributed by atoms with Crippen molar-refractivity contribution in [3.63, 3.8) is 0 Å². The van der Waals surface area contributed by atoms with E-state index in [1.807, 2.05) is 0 Å². The van der Waals surface area contributed by atoms with Gasteiger partial charge in [-0.15, -0.1) is 0 Å². The summed E-state index contributed by atoms with van der Waals surface area (Å²) < 4.78 is 0. The number of rotatable bonds is 4. The fourth-order valence-corrected chi connectivity index (χ4v) is 3.01. The van der Waals surface area contributed by atoms with E-state index in [1.54, 1.807) is 0 Å². The molecule has 0 radical (unpaired) electrons. The minimum absolute atomic E-state index is 0.159. The Morgan fingerprint density at radius 3 is 2.56 bits per heavy atom. The monoisotopic (exact) mass is 246 g/mol. The van der Waals surface area contributed by atoms with Crippen LogP contribution in [0.3, 0.4) is 0 Å². The minimum atomic E-state index is 0.159. The molecule has 1 aliphatic carbocycles. The Morgan fingerprint density at radius 2 is 1.89 bits per heavy atom. The third kappa shape index (κ3) is 2.86. The van der Waals surface area contributed by atoms with Crippen LogP contribution in [0, 0.1) is 0 Å². The van der Waals surface area contributed by atoms with Crippen molar-refractivity contribution in [3.8, 4) is 0 Å². The molecule has 1 fully saturated rings. The van der Waals surface area contributed by atoms with Crippen molar-refractivity contribution >= 4 is 5.69 Å². The second-order valence-electron chi connectivity index (χ2n) is 5.48. The normalized spacial score (nSPS) is 18.6. The molecule has 2 nitrogen and oxygen atoms in total. The molecule has 1 atom stereocenters. The molecule has 0 saturated heterocycles. The molecule has 0 unspecified atom stereocenters. The molecule has 0 amide bonds. The van der Waals surface area contributed by atoms with E-state index < -0.39 is 0 Å². The van der Waals surface area contributed by atoms with Crippen molar-refractivity contribution < 1.29 is 0 Å². The van der Waals surface area contributed by atoms with Crippen molar-refractivity contribution in [1.82, 2.24) is 0 Å². The van der Waals surface area contributed by atoms with Crippen LogP contribution in [-0.2, 0) is 0 Å². The number of para-hydroxylation sites is 1. The third-order valence-electron chi connectivity index (χ3n) is 4.28. The molecule has 18 heavy (non-hydrogen) atoms. The highest BCUT2D eigenvalue weighted by Crippen LogP contribution is 2.31. The van der Waals surface area contributed by atoms with E-state index in [9.17, 15) is 0 Å². The molecule has 2 rings (SSSR count). The van der Waals surface area contributed by atoms with Crippen molar-refractivity contribution in [2.45, 2.75) is 57.5 Å². The third-order valence-corrected chi connectivity index (χ3v) is 4.28. The summed E-state index contributed by atoms with van der Waals surface area (Å²) in [6.07, 6.45) is 7.79. The predicted octanol–water partition coefficient (Wildman–Crippen LogP) is 3.87. The Labute approximate surface area is 111 Å². The smallest absolute Gasteiger partial charge is 0.0414 e. The number of benzene rings is 1. The lowest BCUT2D eigenvalue weighted by molar-refractivity contribution is 0.426. The van der Waals surface area contributed by atoms with E-state index in [0.717, 1.165) is 6.42 Å². The maximum atomic E-state index is 6.24. The number of nitrogens with two attached hydrogens (primary N) is 1. The average Bonchev–Trinajstić information content (AvgIpc) is 2.46. The highest BCUT2D eigenvalue weighted by atomic mass is 15.1. The first-order chi connectivity index (χ1) is 8.74. The number of hydrogen-bond donors (Lipinski definition) is 1. The maximum absolute atomic E-state index is 6.24. The summed E-state index contributed by atoms with van der Waals surface area (Å²) in [5.74, 6) is 0. The number of nitrogens with zero attached hydrogens (tertiary/aromatic N) is 1. The number of hydrogen-bond acceptors (Lipinski definition) is 2. The second-order valence-corrected chi connectivity index (χ2v) is 5.48. The SMILES string of the molecule is CC[C@@H](N)c1ccccc1N(C)C1CCCCC1. The fraction of sp³-hybridized carbons (Fsp3) is 0.625. The molecular weight excluding hydrogens is 220 g/mol. The molecule has 100 valence electrons. The van der Waals surface area contributed by atoms with Gasteiger partial charge in [0.25, 0.3) is 0 Å². The molecule has 0 heterocycles. The molecule has 2 N–H and O–H groups in total. The van der Waals surface area contributed by atoms with Crippen LogP contribution in [0.25, 0.3) is 0 Å². The molecule has 0 spiro atoms. The fourth-order valence-electron chi connectivity index (χ4n) is 3.01. The average molecular weight is 246 g/mol. The molecule has 0 aromatic heterocycles. The van der Waals surface area contributed by atoms with Gasteiger partial charge in [0, 0.05) is 24.8 Å². The summed E-state index contributed by atoms with van der Waals surface area (Å²) in [6, 6.07) is 9.49.